The number of nitrogens with zero attached hydrogens (tertiary/aromatic N) is 3. The van der Waals surface area contributed by atoms with Crippen LogP contribution in [0.2, 0.25) is 5.02 Å². The molecule has 9 heteroatoms. The minimum absolute atomic E-state index is 0.279. The molecule has 0 bridgehead atoms. The van der Waals surface area contributed by atoms with E-state index in [1.54, 1.807) is 12.4 Å². The van der Waals surface area contributed by atoms with E-state index in [-0.39, 0.29) is 11.9 Å². The van der Waals surface area contributed by atoms with Crippen molar-refractivity contribution in [2.45, 2.75) is 31.7 Å². The van der Waals surface area contributed by atoms with Crippen molar-refractivity contribution in [1.29, 1.82) is 0 Å². The van der Waals surface area contributed by atoms with Gasteiger partial charge in [0, 0.05) is 49.9 Å². The van der Waals surface area contributed by atoms with Crippen molar-refractivity contribution in [3.63, 3.8) is 0 Å². The monoisotopic (exact) mass is 421 g/mol. The Morgan fingerprint density at radius 2 is 2.10 bits per heavy atom. The van der Waals surface area contributed by atoms with E-state index in [0.29, 0.717) is 42.5 Å². The third-order valence-corrected chi connectivity index (χ3v) is 5.80. The topological polar surface area (TPSA) is 71.5 Å². The van der Waals surface area contributed by atoms with E-state index in [2.05, 4.69) is 25.5 Å². The normalized spacial score (nSPS) is 19.8. The van der Waals surface area contributed by atoms with Gasteiger partial charge >= 0.3 is 0 Å². The summed E-state index contributed by atoms with van der Waals surface area (Å²) >= 11 is 6.47. The van der Waals surface area contributed by atoms with Crippen LogP contribution in [0.5, 0.6) is 0 Å². The van der Waals surface area contributed by atoms with Gasteiger partial charge in [-0.05, 0) is 25.0 Å². The number of benzene rings is 1. The van der Waals surface area contributed by atoms with Crippen LogP contribution < -0.4 is 15.5 Å². The summed E-state index contributed by atoms with van der Waals surface area (Å²) in [5, 5.41) is 6.77. The fraction of sp³-hybridized carbons (Fsp3) is 0.500. The zero-order valence-corrected chi connectivity index (χ0v) is 17.1. The summed E-state index contributed by atoms with van der Waals surface area (Å²) in [6.45, 7) is 3.01. The van der Waals surface area contributed by atoms with Crippen molar-refractivity contribution in [3.8, 4) is 0 Å². The predicted octanol–water partition coefficient (Wildman–Crippen LogP) is 3.11. The van der Waals surface area contributed by atoms with Crippen molar-refractivity contribution < 1.29 is 13.9 Å². The summed E-state index contributed by atoms with van der Waals surface area (Å²) in [5.74, 6) is 1.35. The lowest BCUT2D eigenvalue weighted by molar-refractivity contribution is -0.0441. The Hall–Kier alpha value is -2.00. The van der Waals surface area contributed by atoms with Gasteiger partial charge in [-0.15, -0.1) is 0 Å². The number of anilines is 2. The minimum Gasteiger partial charge on any atom is -0.373 e. The summed E-state index contributed by atoms with van der Waals surface area (Å²) < 4.78 is 25.4. The molecule has 0 radical (unpaired) electrons. The standard InChI is InChI=1S/C20H25ClFN5O2/c1-23-17-9-18(26-12-25-17)27-6-2-3-13(27)10-24-11-15-16(22)5-4-14(19(15)21)20-28-7-8-29-20/h4-5,9,12-13,20,24H,2-3,6-8,10-11H2,1H3,(H,23,25,26)/t13-/m1/s1. The Kier molecular flexibility index (Phi) is 6.44. The molecule has 1 aromatic heterocycles. The van der Waals surface area contributed by atoms with Crippen LogP contribution in [0.3, 0.4) is 0 Å². The summed E-state index contributed by atoms with van der Waals surface area (Å²) in [6, 6.07) is 5.27. The quantitative estimate of drug-likeness (QED) is 0.711. The van der Waals surface area contributed by atoms with Crippen molar-refractivity contribution in [3.05, 3.63) is 46.5 Å². The lowest BCUT2D eigenvalue weighted by atomic mass is 10.1. The lowest BCUT2D eigenvalue weighted by Crippen LogP contribution is -2.38. The summed E-state index contributed by atoms with van der Waals surface area (Å²) in [4.78, 5) is 10.9. The second kappa shape index (κ2) is 9.21. The van der Waals surface area contributed by atoms with Crippen LogP contribution in [0.15, 0.2) is 24.5 Å². The van der Waals surface area contributed by atoms with Crippen LogP contribution in [-0.2, 0) is 16.0 Å². The molecular weight excluding hydrogens is 397 g/mol. The molecule has 0 saturated carbocycles. The van der Waals surface area contributed by atoms with Crippen LogP contribution in [0, 0.1) is 5.82 Å². The van der Waals surface area contributed by atoms with E-state index in [4.69, 9.17) is 21.1 Å². The average Bonchev–Trinajstić information content (AvgIpc) is 3.43. The maximum Gasteiger partial charge on any atom is 0.185 e. The van der Waals surface area contributed by atoms with Crippen LogP contribution in [0.25, 0.3) is 0 Å². The summed E-state index contributed by atoms with van der Waals surface area (Å²) in [7, 11) is 1.84. The van der Waals surface area contributed by atoms with E-state index in [1.807, 2.05) is 13.1 Å². The van der Waals surface area contributed by atoms with Gasteiger partial charge in [0.15, 0.2) is 6.29 Å². The Balaban J connectivity index is 1.41. The van der Waals surface area contributed by atoms with E-state index < -0.39 is 6.29 Å². The third-order valence-electron chi connectivity index (χ3n) is 5.35. The van der Waals surface area contributed by atoms with Crippen molar-refractivity contribution >= 4 is 23.2 Å². The van der Waals surface area contributed by atoms with Crippen LogP contribution >= 0.6 is 11.6 Å². The van der Waals surface area contributed by atoms with Crippen molar-refractivity contribution in [1.82, 2.24) is 15.3 Å². The fourth-order valence-corrected chi connectivity index (χ4v) is 4.16. The van der Waals surface area contributed by atoms with Gasteiger partial charge in [-0.25, -0.2) is 14.4 Å². The fourth-order valence-electron chi connectivity index (χ4n) is 3.85. The van der Waals surface area contributed by atoms with Gasteiger partial charge in [0.05, 0.1) is 18.2 Å². The van der Waals surface area contributed by atoms with Gasteiger partial charge < -0.3 is 25.0 Å². The number of halogens is 2. The molecule has 2 N–H and O–H groups in total. The Morgan fingerprint density at radius 1 is 1.28 bits per heavy atom. The Morgan fingerprint density at radius 3 is 2.90 bits per heavy atom. The first-order chi connectivity index (χ1) is 14.2. The highest BCUT2D eigenvalue weighted by molar-refractivity contribution is 6.32. The van der Waals surface area contributed by atoms with Crippen molar-refractivity contribution in [2.24, 2.45) is 0 Å². The number of hydrogen-bond acceptors (Lipinski definition) is 7. The second-order valence-corrected chi connectivity index (χ2v) is 7.51. The maximum atomic E-state index is 14.4. The van der Waals surface area contributed by atoms with E-state index in [0.717, 1.165) is 31.0 Å². The highest BCUT2D eigenvalue weighted by Gasteiger charge is 2.27. The summed E-state index contributed by atoms with van der Waals surface area (Å²) in [6.07, 6.45) is 3.18. The molecule has 2 aromatic rings. The Labute approximate surface area is 174 Å². The maximum absolute atomic E-state index is 14.4. The van der Waals surface area contributed by atoms with Crippen LogP contribution in [-0.4, -0.2) is 49.4 Å². The molecule has 156 valence electrons. The molecule has 0 unspecified atom stereocenters. The van der Waals surface area contributed by atoms with Crippen molar-refractivity contribution in [2.75, 3.05) is 43.6 Å². The smallest absolute Gasteiger partial charge is 0.185 e. The molecule has 29 heavy (non-hydrogen) atoms. The highest BCUT2D eigenvalue weighted by atomic mass is 35.5. The second-order valence-electron chi connectivity index (χ2n) is 7.13. The molecule has 0 aliphatic carbocycles. The van der Waals surface area contributed by atoms with Crippen LogP contribution in [0.4, 0.5) is 16.0 Å². The molecule has 1 atom stereocenters. The summed E-state index contributed by atoms with van der Waals surface area (Å²) in [5.41, 5.74) is 1.11. The Bertz CT molecular complexity index is 850. The van der Waals surface area contributed by atoms with Gasteiger partial charge in [0.1, 0.15) is 23.8 Å². The lowest BCUT2D eigenvalue weighted by Gasteiger charge is -2.26. The first-order valence-corrected chi connectivity index (χ1v) is 10.2. The largest absolute Gasteiger partial charge is 0.373 e. The van der Waals surface area contributed by atoms with Gasteiger partial charge in [-0.1, -0.05) is 11.6 Å². The highest BCUT2D eigenvalue weighted by Crippen LogP contribution is 2.33. The average molecular weight is 422 g/mol. The SMILES string of the molecule is CNc1cc(N2CCC[C@@H]2CNCc2c(F)ccc(C3OCCO3)c2Cl)ncn1. The van der Waals surface area contributed by atoms with E-state index in [9.17, 15) is 4.39 Å². The number of hydrogen-bond donors (Lipinski definition) is 2. The zero-order valence-electron chi connectivity index (χ0n) is 16.3. The van der Waals surface area contributed by atoms with Gasteiger partial charge in [-0.2, -0.15) is 0 Å². The minimum atomic E-state index is -0.522. The number of rotatable bonds is 7. The van der Waals surface area contributed by atoms with E-state index >= 15 is 0 Å². The molecule has 0 amide bonds. The molecule has 3 heterocycles. The molecule has 1 aromatic carbocycles. The van der Waals surface area contributed by atoms with Gasteiger partial charge in [0.25, 0.3) is 0 Å². The molecule has 2 fully saturated rings. The van der Waals surface area contributed by atoms with Gasteiger partial charge in [-0.3, -0.25) is 0 Å². The van der Waals surface area contributed by atoms with E-state index in [1.165, 1.54) is 6.07 Å². The number of aromatic nitrogens is 2. The first kappa shape index (κ1) is 20.3. The number of nitrogens with one attached hydrogen (secondary N) is 2. The van der Waals surface area contributed by atoms with Crippen LogP contribution in [0.1, 0.15) is 30.3 Å². The molecule has 0 spiro atoms. The molecule has 2 aliphatic heterocycles. The third kappa shape index (κ3) is 4.45. The molecular formula is C20H25ClFN5O2. The van der Waals surface area contributed by atoms with Gasteiger partial charge in [0.2, 0.25) is 0 Å². The molecule has 4 rings (SSSR count). The number of ether oxygens (including phenoxy) is 2. The predicted molar refractivity (Wildman–Crippen MR) is 110 cm³/mol. The molecule has 2 saturated heterocycles. The molecule has 7 nitrogen and oxygen atoms in total. The first-order valence-electron chi connectivity index (χ1n) is 9.84. The molecule has 2 aliphatic rings. The zero-order chi connectivity index (χ0) is 20.2.